The molecule has 0 aliphatic carbocycles. The van der Waals surface area contributed by atoms with Gasteiger partial charge >= 0.3 is 0 Å². The average Bonchev–Trinajstić information content (AvgIpc) is 2.01. The number of hydrogen-bond acceptors (Lipinski definition) is 3. The number of primary amides is 1. The van der Waals surface area contributed by atoms with Crippen molar-refractivity contribution in [2.75, 3.05) is 11.9 Å². The second-order valence-electron chi connectivity index (χ2n) is 2.17. The molecule has 12 heavy (non-hydrogen) atoms. The van der Waals surface area contributed by atoms with Gasteiger partial charge in [0.15, 0.2) is 0 Å². The first-order valence-electron chi connectivity index (χ1n) is 3.33. The summed E-state index contributed by atoms with van der Waals surface area (Å²) in [6, 6.07) is 5.38. The van der Waals surface area contributed by atoms with Gasteiger partial charge in [0, 0.05) is 0 Å². The highest BCUT2D eigenvalue weighted by atomic mass is 79.9. The average molecular weight is 230 g/mol. The van der Waals surface area contributed by atoms with Crippen LogP contribution in [-0.2, 0) is 4.79 Å². The van der Waals surface area contributed by atoms with E-state index in [0.29, 0.717) is 5.82 Å². The van der Waals surface area contributed by atoms with Crippen LogP contribution in [0, 0.1) is 0 Å². The number of halogens is 1. The zero-order valence-electron chi connectivity index (χ0n) is 6.25. The Morgan fingerprint density at radius 2 is 2.42 bits per heavy atom. The smallest absolute Gasteiger partial charge is 0.236 e. The maximum atomic E-state index is 10.4. The third-order valence-electron chi connectivity index (χ3n) is 1.16. The number of amides is 1. The van der Waals surface area contributed by atoms with Gasteiger partial charge in [-0.15, -0.1) is 0 Å². The van der Waals surface area contributed by atoms with Crippen LogP contribution in [0.2, 0.25) is 0 Å². The van der Waals surface area contributed by atoms with Gasteiger partial charge < -0.3 is 11.1 Å². The number of carbonyl (C=O) groups excluding carboxylic acids is 1. The second-order valence-corrected chi connectivity index (χ2v) is 2.98. The number of hydrogen-bond donors (Lipinski definition) is 2. The van der Waals surface area contributed by atoms with E-state index in [-0.39, 0.29) is 6.54 Å². The highest BCUT2D eigenvalue weighted by Crippen LogP contribution is 2.09. The Labute approximate surface area is 78.3 Å². The minimum atomic E-state index is -0.406. The molecule has 1 amide bonds. The molecule has 0 saturated carbocycles. The third-order valence-corrected chi connectivity index (χ3v) is 1.60. The Balaban J connectivity index is 2.57. The summed E-state index contributed by atoms with van der Waals surface area (Å²) in [5.41, 5.74) is 4.94. The Morgan fingerprint density at radius 1 is 1.67 bits per heavy atom. The first-order valence-corrected chi connectivity index (χ1v) is 4.12. The van der Waals surface area contributed by atoms with Gasteiger partial charge in [0.25, 0.3) is 0 Å². The van der Waals surface area contributed by atoms with Gasteiger partial charge in [-0.2, -0.15) is 0 Å². The molecule has 3 N–H and O–H groups in total. The number of aromatic nitrogens is 1. The molecule has 1 rings (SSSR count). The lowest BCUT2D eigenvalue weighted by atomic mass is 10.4. The van der Waals surface area contributed by atoms with E-state index in [1.165, 1.54) is 0 Å². The number of nitrogens with one attached hydrogen (secondary N) is 1. The lowest BCUT2D eigenvalue weighted by Crippen LogP contribution is -2.22. The summed E-state index contributed by atoms with van der Waals surface area (Å²) >= 11 is 3.20. The van der Waals surface area contributed by atoms with Gasteiger partial charge in [0.1, 0.15) is 10.4 Å². The second kappa shape index (κ2) is 4.06. The standard InChI is InChI=1S/C7H8BrN3O/c8-5-2-1-3-7(11-5)10-4-6(9)12/h1-3H,4H2,(H2,9,12)(H,10,11). The molecule has 4 nitrogen and oxygen atoms in total. The third kappa shape index (κ3) is 2.87. The van der Waals surface area contributed by atoms with Crippen molar-refractivity contribution in [3.8, 4) is 0 Å². The summed E-state index contributed by atoms with van der Waals surface area (Å²) in [6.45, 7) is 0.101. The summed E-state index contributed by atoms with van der Waals surface area (Å²) in [4.78, 5) is 14.4. The first kappa shape index (κ1) is 8.99. The Hall–Kier alpha value is -1.10. The normalized spacial score (nSPS) is 9.42. The number of nitrogens with two attached hydrogens (primary N) is 1. The fourth-order valence-electron chi connectivity index (χ4n) is 0.684. The summed E-state index contributed by atoms with van der Waals surface area (Å²) in [6.07, 6.45) is 0. The lowest BCUT2D eigenvalue weighted by molar-refractivity contribution is -0.116. The van der Waals surface area contributed by atoms with E-state index in [0.717, 1.165) is 4.60 Å². The van der Waals surface area contributed by atoms with Gasteiger partial charge in [-0.25, -0.2) is 4.98 Å². The molecule has 0 fully saturated rings. The molecule has 5 heteroatoms. The molecule has 64 valence electrons. The maximum absolute atomic E-state index is 10.4. The van der Waals surface area contributed by atoms with E-state index < -0.39 is 5.91 Å². The Bertz CT molecular complexity index is 290. The van der Waals surface area contributed by atoms with Gasteiger partial charge in [0.05, 0.1) is 6.54 Å². The highest BCUT2D eigenvalue weighted by molar-refractivity contribution is 9.10. The molecule has 0 bridgehead atoms. The van der Waals surface area contributed by atoms with Crippen molar-refractivity contribution in [1.29, 1.82) is 0 Å². The lowest BCUT2D eigenvalue weighted by Gasteiger charge is -2.01. The molecule has 0 aliphatic heterocycles. The van der Waals surface area contributed by atoms with Crippen molar-refractivity contribution in [1.82, 2.24) is 4.98 Å². The zero-order valence-corrected chi connectivity index (χ0v) is 7.84. The molecule has 0 saturated heterocycles. The van der Waals surface area contributed by atoms with Crippen molar-refractivity contribution in [2.24, 2.45) is 5.73 Å². The molecule has 1 aromatic heterocycles. The minimum absolute atomic E-state index is 0.101. The maximum Gasteiger partial charge on any atom is 0.236 e. The quantitative estimate of drug-likeness (QED) is 0.752. The Morgan fingerprint density at radius 3 is 3.00 bits per heavy atom. The van der Waals surface area contributed by atoms with Crippen LogP contribution in [0.1, 0.15) is 0 Å². The van der Waals surface area contributed by atoms with Crippen LogP contribution >= 0.6 is 15.9 Å². The number of nitrogens with zero attached hydrogens (tertiary/aromatic N) is 1. The van der Waals surface area contributed by atoms with E-state index in [4.69, 9.17) is 5.73 Å². The van der Waals surface area contributed by atoms with Crippen molar-refractivity contribution < 1.29 is 4.79 Å². The predicted octanol–water partition coefficient (Wildman–Crippen LogP) is 0.741. The molecular weight excluding hydrogens is 222 g/mol. The summed E-state index contributed by atoms with van der Waals surface area (Å²) in [7, 11) is 0. The largest absolute Gasteiger partial charge is 0.368 e. The van der Waals surface area contributed by atoms with Crippen LogP contribution in [0.3, 0.4) is 0 Å². The van der Waals surface area contributed by atoms with Crippen LogP contribution < -0.4 is 11.1 Å². The van der Waals surface area contributed by atoms with Gasteiger partial charge in [-0.1, -0.05) is 6.07 Å². The van der Waals surface area contributed by atoms with E-state index in [9.17, 15) is 4.79 Å². The molecule has 0 aromatic carbocycles. The van der Waals surface area contributed by atoms with Crippen molar-refractivity contribution in [3.63, 3.8) is 0 Å². The van der Waals surface area contributed by atoms with Crippen molar-refractivity contribution >= 4 is 27.7 Å². The number of pyridine rings is 1. The topological polar surface area (TPSA) is 68.0 Å². The number of rotatable bonds is 3. The first-order chi connectivity index (χ1) is 5.68. The van der Waals surface area contributed by atoms with Crippen molar-refractivity contribution in [2.45, 2.75) is 0 Å². The number of anilines is 1. The van der Waals surface area contributed by atoms with E-state index in [1.807, 2.05) is 6.07 Å². The van der Waals surface area contributed by atoms with Crippen LogP contribution in [-0.4, -0.2) is 17.4 Å². The van der Waals surface area contributed by atoms with Gasteiger partial charge in [0.2, 0.25) is 5.91 Å². The highest BCUT2D eigenvalue weighted by Gasteiger charge is 1.95. The van der Waals surface area contributed by atoms with E-state index >= 15 is 0 Å². The van der Waals surface area contributed by atoms with Gasteiger partial charge in [-0.05, 0) is 28.1 Å². The molecule has 1 aromatic rings. The molecular formula is C7H8BrN3O. The van der Waals surface area contributed by atoms with Gasteiger partial charge in [-0.3, -0.25) is 4.79 Å². The molecule has 0 unspecified atom stereocenters. The summed E-state index contributed by atoms with van der Waals surface area (Å²) < 4.78 is 0.719. The van der Waals surface area contributed by atoms with Crippen molar-refractivity contribution in [3.05, 3.63) is 22.8 Å². The zero-order chi connectivity index (χ0) is 8.97. The van der Waals surface area contributed by atoms with Crippen LogP contribution in [0.4, 0.5) is 5.82 Å². The molecule has 0 aliphatic rings. The molecule has 0 atom stereocenters. The predicted molar refractivity (Wildman–Crippen MR) is 49.6 cm³/mol. The number of carbonyl (C=O) groups is 1. The fourth-order valence-corrected chi connectivity index (χ4v) is 1.03. The van der Waals surface area contributed by atoms with Crippen LogP contribution in [0.15, 0.2) is 22.8 Å². The summed E-state index contributed by atoms with van der Waals surface area (Å²) in [5.74, 6) is 0.222. The van der Waals surface area contributed by atoms with Crippen LogP contribution in [0.5, 0.6) is 0 Å². The fraction of sp³-hybridized carbons (Fsp3) is 0.143. The minimum Gasteiger partial charge on any atom is -0.368 e. The monoisotopic (exact) mass is 229 g/mol. The van der Waals surface area contributed by atoms with Crippen LogP contribution in [0.25, 0.3) is 0 Å². The molecule has 0 spiro atoms. The van der Waals surface area contributed by atoms with E-state index in [1.54, 1.807) is 12.1 Å². The summed E-state index contributed by atoms with van der Waals surface area (Å²) in [5, 5.41) is 2.77. The molecule has 0 radical (unpaired) electrons. The molecule has 1 heterocycles. The SMILES string of the molecule is NC(=O)CNc1cccc(Br)n1. The van der Waals surface area contributed by atoms with E-state index in [2.05, 4.69) is 26.2 Å². The Kier molecular flexibility index (Phi) is 3.04.